The van der Waals surface area contributed by atoms with Crippen molar-refractivity contribution in [2.24, 2.45) is 5.92 Å². The highest BCUT2D eigenvalue weighted by Gasteiger charge is 2.18. The average molecular weight is 226 g/mol. The van der Waals surface area contributed by atoms with Gasteiger partial charge in [0.2, 0.25) is 0 Å². The summed E-state index contributed by atoms with van der Waals surface area (Å²) < 4.78 is 4.86. The lowest BCUT2D eigenvalue weighted by molar-refractivity contribution is -0.143. The fraction of sp³-hybridized carbons (Fsp3) is 0.846. The molecule has 0 spiro atoms. The third-order valence-electron chi connectivity index (χ3n) is 3.13. The molecule has 3 heteroatoms. The molecule has 1 saturated carbocycles. The van der Waals surface area contributed by atoms with E-state index >= 15 is 0 Å². The smallest absolute Gasteiger partial charge is 0.305 e. The molecule has 0 saturated heterocycles. The van der Waals surface area contributed by atoms with Crippen LogP contribution in [0, 0.1) is 5.92 Å². The summed E-state index contributed by atoms with van der Waals surface area (Å²) in [5, 5.41) is 0. The molecule has 92 valence electrons. The van der Waals surface area contributed by atoms with Gasteiger partial charge >= 0.3 is 5.97 Å². The molecular formula is C13H22O3. The molecular weight excluding hydrogens is 204 g/mol. The standard InChI is InChI=1S/C13H22O3/c1-2-16-13(15)9-4-3-6-11-7-5-8-12(14)10-11/h11H,2-10H2,1H3. The van der Waals surface area contributed by atoms with Gasteiger partial charge in [-0.1, -0.05) is 12.8 Å². The molecule has 1 aliphatic rings. The van der Waals surface area contributed by atoms with Crippen LogP contribution in [0.4, 0.5) is 0 Å². The number of ketones is 1. The van der Waals surface area contributed by atoms with E-state index in [1.54, 1.807) is 0 Å². The van der Waals surface area contributed by atoms with E-state index in [0.717, 1.165) is 38.5 Å². The highest BCUT2D eigenvalue weighted by molar-refractivity contribution is 5.79. The Bertz CT molecular complexity index is 235. The highest BCUT2D eigenvalue weighted by atomic mass is 16.5. The van der Waals surface area contributed by atoms with E-state index in [0.29, 0.717) is 24.7 Å². The van der Waals surface area contributed by atoms with Crippen molar-refractivity contribution in [3.63, 3.8) is 0 Å². The van der Waals surface area contributed by atoms with Crippen LogP contribution in [0.15, 0.2) is 0 Å². The van der Waals surface area contributed by atoms with Crippen molar-refractivity contribution in [3.8, 4) is 0 Å². The number of ether oxygens (including phenoxy) is 1. The first kappa shape index (κ1) is 13.2. The van der Waals surface area contributed by atoms with Gasteiger partial charge in [-0.05, 0) is 32.1 Å². The fourth-order valence-corrected chi connectivity index (χ4v) is 2.30. The molecule has 0 radical (unpaired) electrons. The lowest BCUT2D eigenvalue weighted by Gasteiger charge is -2.20. The van der Waals surface area contributed by atoms with Crippen molar-refractivity contribution < 1.29 is 14.3 Å². The molecule has 0 bridgehead atoms. The van der Waals surface area contributed by atoms with Crippen molar-refractivity contribution >= 4 is 11.8 Å². The zero-order valence-corrected chi connectivity index (χ0v) is 10.2. The number of carbonyl (C=O) groups is 2. The van der Waals surface area contributed by atoms with Gasteiger partial charge in [0.1, 0.15) is 5.78 Å². The lowest BCUT2D eigenvalue weighted by Crippen LogP contribution is -2.14. The molecule has 1 aliphatic carbocycles. The quantitative estimate of drug-likeness (QED) is 0.516. The van der Waals surface area contributed by atoms with E-state index in [-0.39, 0.29) is 5.97 Å². The summed E-state index contributed by atoms with van der Waals surface area (Å²) >= 11 is 0. The average Bonchev–Trinajstić information content (AvgIpc) is 2.25. The van der Waals surface area contributed by atoms with Gasteiger partial charge in [0, 0.05) is 19.3 Å². The summed E-state index contributed by atoms with van der Waals surface area (Å²) in [5.41, 5.74) is 0. The number of hydrogen-bond donors (Lipinski definition) is 0. The SMILES string of the molecule is CCOC(=O)CCCCC1CCCC(=O)C1. The molecule has 0 heterocycles. The second-order valence-electron chi connectivity index (χ2n) is 4.55. The third-order valence-corrected chi connectivity index (χ3v) is 3.13. The van der Waals surface area contributed by atoms with Crippen molar-refractivity contribution in [2.75, 3.05) is 6.61 Å². The topological polar surface area (TPSA) is 43.4 Å². The number of carbonyl (C=O) groups excluding carboxylic acids is 2. The van der Waals surface area contributed by atoms with E-state index in [4.69, 9.17) is 4.74 Å². The van der Waals surface area contributed by atoms with Crippen LogP contribution in [-0.4, -0.2) is 18.4 Å². The van der Waals surface area contributed by atoms with Gasteiger partial charge in [-0.15, -0.1) is 0 Å². The van der Waals surface area contributed by atoms with Crippen LogP contribution in [-0.2, 0) is 14.3 Å². The van der Waals surface area contributed by atoms with Crippen LogP contribution >= 0.6 is 0 Å². The summed E-state index contributed by atoms with van der Waals surface area (Å²) in [6, 6.07) is 0. The molecule has 0 amide bonds. The first-order valence-electron chi connectivity index (χ1n) is 6.39. The van der Waals surface area contributed by atoms with Gasteiger partial charge < -0.3 is 4.74 Å². The number of Topliss-reactive ketones (excluding diaryl/α,β-unsaturated/α-hetero) is 1. The van der Waals surface area contributed by atoms with Crippen LogP contribution in [0.2, 0.25) is 0 Å². The summed E-state index contributed by atoms with van der Waals surface area (Å²) in [6.45, 7) is 2.29. The van der Waals surface area contributed by atoms with E-state index in [1.807, 2.05) is 6.92 Å². The van der Waals surface area contributed by atoms with Crippen molar-refractivity contribution in [1.82, 2.24) is 0 Å². The molecule has 0 aliphatic heterocycles. The third kappa shape index (κ3) is 5.29. The molecule has 0 aromatic heterocycles. The Morgan fingerprint density at radius 3 is 2.94 bits per heavy atom. The maximum absolute atomic E-state index is 11.2. The van der Waals surface area contributed by atoms with Crippen molar-refractivity contribution in [2.45, 2.75) is 58.3 Å². The van der Waals surface area contributed by atoms with E-state index in [2.05, 4.69) is 0 Å². The maximum atomic E-state index is 11.2. The minimum absolute atomic E-state index is 0.0952. The number of esters is 1. The number of hydrogen-bond acceptors (Lipinski definition) is 3. The van der Waals surface area contributed by atoms with Crippen molar-refractivity contribution in [1.29, 1.82) is 0 Å². The lowest BCUT2D eigenvalue weighted by atomic mass is 9.85. The predicted octanol–water partition coefficient (Wildman–Crippen LogP) is 2.87. The first-order chi connectivity index (χ1) is 7.72. The van der Waals surface area contributed by atoms with E-state index in [1.165, 1.54) is 6.42 Å². The van der Waals surface area contributed by atoms with Gasteiger partial charge in [-0.3, -0.25) is 9.59 Å². The highest BCUT2D eigenvalue weighted by Crippen LogP contribution is 2.25. The van der Waals surface area contributed by atoms with Gasteiger partial charge in [0.15, 0.2) is 0 Å². The molecule has 3 nitrogen and oxygen atoms in total. The van der Waals surface area contributed by atoms with Gasteiger partial charge in [-0.2, -0.15) is 0 Å². The zero-order valence-electron chi connectivity index (χ0n) is 10.2. The van der Waals surface area contributed by atoms with Gasteiger partial charge in [0.05, 0.1) is 6.61 Å². The maximum Gasteiger partial charge on any atom is 0.305 e. The zero-order chi connectivity index (χ0) is 11.8. The monoisotopic (exact) mass is 226 g/mol. The fourth-order valence-electron chi connectivity index (χ4n) is 2.30. The first-order valence-corrected chi connectivity index (χ1v) is 6.39. The summed E-state index contributed by atoms with van der Waals surface area (Å²) in [7, 11) is 0. The van der Waals surface area contributed by atoms with Gasteiger partial charge in [-0.25, -0.2) is 0 Å². The minimum atomic E-state index is -0.0952. The Labute approximate surface area is 97.5 Å². The van der Waals surface area contributed by atoms with Crippen LogP contribution in [0.5, 0.6) is 0 Å². The minimum Gasteiger partial charge on any atom is -0.466 e. The molecule has 0 aromatic rings. The molecule has 0 N–H and O–H groups in total. The van der Waals surface area contributed by atoms with Crippen LogP contribution in [0.25, 0.3) is 0 Å². The van der Waals surface area contributed by atoms with Crippen molar-refractivity contribution in [3.05, 3.63) is 0 Å². The molecule has 1 fully saturated rings. The molecule has 1 rings (SSSR count). The molecule has 1 unspecified atom stereocenters. The van der Waals surface area contributed by atoms with E-state index < -0.39 is 0 Å². The van der Waals surface area contributed by atoms with Crippen LogP contribution in [0.3, 0.4) is 0 Å². The normalized spacial score (nSPS) is 20.8. The summed E-state index contributed by atoms with van der Waals surface area (Å²) in [4.78, 5) is 22.3. The Morgan fingerprint density at radius 1 is 1.44 bits per heavy atom. The second-order valence-corrected chi connectivity index (χ2v) is 4.55. The number of rotatable bonds is 6. The van der Waals surface area contributed by atoms with Gasteiger partial charge in [0.25, 0.3) is 0 Å². The largest absolute Gasteiger partial charge is 0.466 e. The summed E-state index contributed by atoms with van der Waals surface area (Å²) in [6.07, 6.45) is 7.32. The Balaban J connectivity index is 2.02. The Morgan fingerprint density at radius 2 is 2.25 bits per heavy atom. The number of unbranched alkanes of at least 4 members (excludes halogenated alkanes) is 1. The molecule has 1 atom stereocenters. The van der Waals surface area contributed by atoms with E-state index in [9.17, 15) is 9.59 Å². The second kappa shape index (κ2) is 7.42. The predicted molar refractivity (Wildman–Crippen MR) is 62.1 cm³/mol. The summed E-state index contributed by atoms with van der Waals surface area (Å²) in [5.74, 6) is 0.896. The van der Waals surface area contributed by atoms with Crippen LogP contribution < -0.4 is 0 Å². The van der Waals surface area contributed by atoms with Crippen LogP contribution in [0.1, 0.15) is 58.3 Å². The Kier molecular flexibility index (Phi) is 6.12. The molecule has 0 aromatic carbocycles. The Hall–Kier alpha value is -0.860. The molecule has 16 heavy (non-hydrogen) atoms.